The van der Waals surface area contributed by atoms with Gasteiger partial charge in [-0.15, -0.1) is 0 Å². The topological polar surface area (TPSA) is 32.3 Å². The number of nitrogens with zero attached hydrogens (tertiary/aromatic N) is 1. The summed E-state index contributed by atoms with van der Waals surface area (Å²) in [5, 5.41) is 3.07. The van der Waals surface area contributed by atoms with E-state index in [2.05, 4.69) is 5.32 Å². The monoisotopic (exact) mass is 258 g/mol. The predicted molar refractivity (Wildman–Crippen MR) is 59.7 cm³/mol. The molecule has 6 heteroatoms. The molecule has 1 atom stereocenters. The highest BCUT2D eigenvalue weighted by molar-refractivity contribution is 5.94. The van der Waals surface area contributed by atoms with E-state index in [-0.39, 0.29) is 6.04 Å². The summed E-state index contributed by atoms with van der Waals surface area (Å²) in [6.07, 6.45) is 0.757. The van der Waals surface area contributed by atoms with Gasteiger partial charge in [0.05, 0.1) is 5.56 Å². The third-order valence-corrected chi connectivity index (χ3v) is 3.17. The van der Waals surface area contributed by atoms with Crippen molar-refractivity contribution in [3.8, 4) is 0 Å². The van der Waals surface area contributed by atoms with E-state index in [4.69, 9.17) is 0 Å². The van der Waals surface area contributed by atoms with Crippen molar-refractivity contribution < 1.29 is 18.0 Å². The van der Waals surface area contributed by atoms with E-state index < -0.39 is 28.9 Å². The molecule has 1 aromatic rings. The van der Waals surface area contributed by atoms with Crippen molar-refractivity contribution in [1.29, 1.82) is 0 Å². The van der Waals surface area contributed by atoms with Crippen LogP contribution in [-0.4, -0.2) is 37.0 Å². The van der Waals surface area contributed by atoms with Crippen LogP contribution in [0.25, 0.3) is 0 Å². The molecule has 0 radical (unpaired) electrons. The molecule has 0 unspecified atom stereocenters. The lowest BCUT2D eigenvalue weighted by Gasteiger charge is -2.24. The molecule has 0 aromatic heterocycles. The van der Waals surface area contributed by atoms with Gasteiger partial charge in [0.1, 0.15) is 0 Å². The molecule has 0 saturated carbocycles. The number of rotatable bonds is 2. The largest absolute Gasteiger partial charge is 0.337 e. The van der Waals surface area contributed by atoms with Crippen LogP contribution in [-0.2, 0) is 0 Å². The quantitative estimate of drug-likeness (QED) is 0.816. The van der Waals surface area contributed by atoms with Gasteiger partial charge in [-0.2, -0.15) is 0 Å². The van der Waals surface area contributed by atoms with E-state index in [1.165, 1.54) is 11.9 Å². The van der Waals surface area contributed by atoms with Crippen molar-refractivity contribution >= 4 is 5.91 Å². The molecule has 1 aliphatic heterocycles. The molecule has 1 aliphatic rings. The minimum Gasteiger partial charge on any atom is -0.337 e. The molecule has 1 amide bonds. The van der Waals surface area contributed by atoms with Gasteiger partial charge in [-0.25, -0.2) is 13.2 Å². The fraction of sp³-hybridized carbons (Fsp3) is 0.417. The standard InChI is InChI=1S/C12H13F3N2O/c1-17(7-4-5-16-6-7)12(18)8-2-3-9(13)11(15)10(8)14/h2-3,7,16H,4-6H2,1H3/t7-/m0/s1. The Morgan fingerprint density at radius 3 is 2.67 bits per heavy atom. The smallest absolute Gasteiger partial charge is 0.256 e. The van der Waals surface area contributed by atoms with Crippen LogP contribution in [0.3, 0.4) is 0 Å². The zero-order valence-electron chi connectivity index (χ0n) is 9.84. The molecule has 18 heavy (non-hydrogen) atoms. The first-order valence-electron chi connectivity index (χ1n) is 5.63. The van der Waals surface area contributed by atoms with E-state index in [1.807, 2.05) is 0 Å². The summed E-state index contributed by atoms with van der Waals surface area (Å²) in [6, 6.07) is 1.67. The molecule has 98 valence electrons. The van der Waals surface area contributed by atoms with Gasteiger partial charge < -0.3 is 10.2 Å². The Kier molecular flexibility index (Phi) is 3.56. The van der Waals surface area contributed by atoms with Crippen LogP contribution in [0.15, 0.2) is 12.1 Å². The number of hydrogen-bond donors (Lipinski definition) is 1. The van der Waals surface area contributed by atoms with Gasteiger partial charge in [0.25, 0.3) is 5.91 Å². The molecule has 0 aliphatic carbocycles. The third-order valence-electron chi connectivity index (χ3n) is 3.17. The summed E-state index contributed by atoms with van der Waals surface area (Å²) in [6.45, 7) is 1.40. The van der Waals surface area contributed by atoms with Gasteiger partial charge in [-0.05, 0) is 25.1 Å². The Morgan fingerprint density at radius 1 is 1.33 bits per heavy atom. The molecule has 3 nitrogen and oxygen atoms in total. The molecule has 2 rings (SSSR count). The fourth-order valence-electron chi connectivity index (χ4n) is 2.02. The minimum atomic E-state index is -1.61. The summed E-state index contributed by atoms with van der Waals surface area (Å²) < 4.78 is 39.3. The molecular formula is C12H13F3N2O. The first kappa shape index (κ1) is 12.9. The highest BCUT2D eigenvalue weighted by Gasteiger charge is 2.27. The van der Waals surface area contributed by atoms with Crippen molar-refractivity contribution in [3.05, 3.63) is 35.1 Å². The first-order chi connectivity index (χ1) is 8.52. The van der Waals surface area contributed by atoms with E-state index in [1.54, 1.807) is 0 Å². The maximum atomic E-state index is 13.5. The second kappa shape index (κ2) is 4.97. The summed E-state index contributed by atoms with van der Waals surface area (Å²) in [7, 11) is 1.53. The lowest BCUT2D eigenvalue weighted by Crippen LogP contribution is -2.38. The van der Waals surface area contributed by atoms with Crippen molar-refractivity contribution in [1.82, 2.24) is 10.2 Å². The average molecular weight is 258 g/mol. The molecule has 1 saturated heterocycles. The van der Waals surface area contributed by atoms with Crippen molar-refractivity contribution in [2.45, 2.75) is 12.5 Å². The molecule has 1 fully saturated rings. The second-order valence-corrected chi connectivity index (χ2v) is 4.29. The highest BCUT2D eigenvalue weighted by atomic mass is 19.2. The second-order valence-electron chi connectivity index (χ2n) is 4.29. The Morgan fingerprint density at radius 2 is 2.06 bits per heavy atom. The first-order valence-corrected chi connectivity index (χ1v) is 5.63. The molecule has 0 bridgehead atoms. The summed E-state index contributed by atoms with van der Waals surface area (Å²) in [5.41, 5.74) is -0.441. The van der Waals surface area contributed by atoms with Crippen LogP contribution in [0.2, 0.25) is 0 Å². The molecule has 1 aromatic carbocycles. The highest BCUT2D eigenvalue weighted by Crippen LogP contribution is 2.18. The van der Waals surface area contributed by atoms with Gasteiger partial charge in [0, 0.05) is 19.6 Å². The predicted octanol–water partition coefficient (Wildman–Crippen LogP) is 1.54. The molecule has 1 heterocycles. The van der Waals surface area contributed by atoms with E-state index >= 15 is 0 Å². The van der Waals surface area contributed by atoms with Gasteiger partial charge in [-0.3, -0.25) is 4.79 Å². The number of nitrogens with one attached hydrogen (secondary N) is 1. The Bertz CT molecular complexity index is 473. The molecule has 1 N–H and O–H groups in total. The van der Waals surface area contributed by atoms with Crippen LogP contribution in [0.5, 0.6) is 0 Å². The number of benzene rings is 1. The van der Waals surface area contributed by atoms with Crippen molar-refractivity contribution in [3.63, 3.8) is 0 Å². The van der Waals surface area contributed by atoms with Crippen molar-refractivity contribution in [2.24, 2.45) is 0 Å². The number of hydrogen-bond acceptors (Lipinski definition) is 2. The van der Waals surface area contributed by atoms with Crippen LogP contribution < -0.4 is 5.32 Å². The maximum Gasteiger partial charge on any atom is 0.256 e. The van der Waals surface area contributed by atoms with Gasteiger partial charge in [-0.1, -0.05) is 0 Å². The van der Waals surface area contributed by atoms with Crippen LogP contribution in [0, 0.1) is 17.5 Å². The average Bonchev–Trinajstić information content (AvgIpc) is 2.88. The number of amides is 1. The van der Waals surface area contributed by atoms with Crippen molar-refractivity contribution in [2.75, 3.05) is 20.1 Å². The Labute approximate surface area is 103 Å². The molecule has 0 spiro atoms. The Hall–Kier alpha value is -1.56. The van der Waals surface area contributed by atoms with Gasteiger partial charge in [0.15, 0.2) is 17.5 Å². The number of likely N-dealkylation sites (N-methyl/N-ethyl adjacent to an activating group) is 1. The van der Waals surface area contributed by atoms with E-state index in [0.717, 1.165) is 25.1 Å². The minimum absolute atomic E-state index is 0.0509. The third kappa shape index (κ3) is 2.20. The van der Waals surface area contributed by atoms with Gasteiger partial charge >= 0.3 is 0 Å². The normalized spacial score (nSPS) is 19.0. The number of carbonyl (C=O) groups excluding carboxylic acids is 1. The summed E-state index contributed by atoms with van der Waals surface area (Å²) >= 11 is 0. The number of carbonyl (C=O) groups is 1. The molecular weight excluding hydrogens is 245 g/mol. The van der Waals surface area contributed by atoms with Crippen LogP contribution >= 0.6 is 0 Å². The summed E-state index contributed by atoms with van der Waals surface area (Å²) in [4.78, 5) is 13.3. The SMILES string of the molecule is CN(C(=O)c1ccc(F)c(F)c1F)[C@H]1CCNC1. The maximum absolute atomic E-state index is 13.5. The van der Waals surface area contributed by atoms with Gasteiger partial charge in [0.2, 0.25) is 0 Å². The van der Waals surface area contributed by atoms with E-state index in [9.17, 15) is 18.0 Å². The lowest BCUT2D eigenvalue weighted by molar-refractivity contribution is 0.0737. The summed E-state index contributed by atoms with van der Waals surface area (Å²) in [5.74, 6) is -4.98. The van der Waals surface area contributed by atoms with E-state index in [0.29, 0.717) is 6.54 Å². The fourth-order valence-corrected chi connectivity index (χ4v) is 2.02. The zero-order chi connectivity index (χ0) is 13.3. The van der Waals surface area contributed by atoms with Crippen LogP contribution in [0.1, 0.15) is 16.8 Å². The number of halogens is 3. The Balaban J connectivity index is 2.25. The lowest BCUT2D eigenvalue weighted by atomic mass is 10.1. The van der Waals surface area contributed by atoms with Crippen LogP contribution in [0.4, 0.5) is 13.2 Å². The zero-order valence-corrected chi connectivity index (χ0v) is 9.84.